The van der Waals surface area contributed by atoms with Gasteiger partial charge in [-0.15, -0.1) is 10.2 Å². The van der Waals surface area contributed by atoms with Crippen LogP contribution in [0, 0.1) is 0 Å². The van der Waals surface area contributed by atoms with Gasteiger partial charge in [-0.1, -0.05) is 12.1 Å². The highest BCUT2D eigenvalue weighted by molar-refractivity contribution is 5.82. The molecular formula is C24H33N5O3. The van der Waals surface area contributed by atoms with E-state index < -0.39 is 0 Å². The molecule has 0 saturated carbocycles. The topological polar surface area (TPSA) is 81.5 Å². The van der Waals surface area contributed by atoms with E-state index in [4.69, 9.17) is 9.47 Å². The Morgan fingerprint density at radius 2 is 2.06 bits per heavy atom. The zero-order valence-electron chi connectivity index (χ0n) is 18.8. The standard InChI is InChI=1S/C24H33N5O3/c1-31-13-5-12-28-11-4-10-23-27-26-22-9-3-8-21(29(22)23)17-6-2-7-18(14-17)32-19-15-20(24(28)30)25-16-19/h2,6-7,14,19-21,25H,3-5,8-13,15-16H2,1H3/t19?,20-,21?/m0/s1. The molecule has 172 valence electrons. The lowest BCUT2D eigenvalue weighted by Crippen LogP contribution is -2.44. The van der Waals surface area contributed by atoms with Crippen LogP contribution in [-0.2, 0) is 22.4 Å². The molecule has 1 saturated heterocycles. The van der Waals surface area contributed by atoms with Crippen LogP contribution in [0.1, 0.15) is 55.4 Å². The fraction of sp³-hybridized carbons (Fsp3) is 0.625. The number of aromatic nitrogens is 3. The fourth-order valence-corrected chi connectivity index (χ4v) is 5.31. The zero-order valence-corrected chi connectivity index (χ0v) is 18.8. The average Bonchev–Trinajstić information content (AvgIpc) is 3.44. The summed E-state index contributed by atoms with van der Waals surface area (Å²) in [6.45, 7) is 2.77. The van der Waals surface area contributed by atoms with E-state index in [0.717, 1.165) is 55.9 Å². The molecule has 2 unspecified atom stereocenters. The number of nitrogens with one attached hydrogen (secondary N) is 1. The maximum absolute atomic E-state index is 13.3. The van der Waals surface area contributed by atoms with E-state index in [2.05, 4.69) is 38.3 Å². The molecule has 2 aromatic rings. The Bertz CT molecular complexity index is 945. The Labute approximate surface area is 189 Å². The smallest absolute Gasteiger partial charge is 0.239 e. The molecule has 0 radical (unpaired) electrons. The molecule has 8 heteroatoms. The maximum atomic E-state index is 13.3. The molecule has 1 N–H and O–H groups in total. The highest BCUT2D eigenvalue weighted by Crippen LogP contribution is 2.33. The van der Waals surface area contributed by atoms with Crippen LogP contribution in [0.5, 0.6) is 5.75 Å². The van der Waals surface area contributed by atoms with Gasteiger partial charge in [0.05, 0.1) is 12.1 Å². The number of amides is 1. The first-order chi connectivity index (χ1) is 15.7. The molecule has 0 spiro atoms. The molecular weight excluding hydrogens is 406 g/mol. The van der Waals surface area contributed by atoms with Gasteiger partial charge in [-0.05, 0) is 43.4 Å². The van der Waals surface area contributed by atoms with Crippen LogP contribution < -0.4 is 10.1 Å². The van der Waals surface area contributed by atoms with Crippen molar-refractivity contribution in [2.75, 3.05) is 33.4 Å². The van der Waals surface area contributed by atoms with Crippen molar-refractivity contribution in [2.45, 2.75) is 63.1 Å². The number of methoxy groups -OCH3 is 1. The number of carbonyl (C=O) groups excluding carboxylic acids is 1. The summed E-state index contributed by atoms with van der Waals surface area (Å²) in [5.74, 6) is 3.13. The fourth-order valence-electron chi connectivity index (χ4n) is 5.31. The molecule has 32 heavy (non-hydrogen) atoms. The molecule has 1 amide bonds. The number of ether oxygens (including phenoxy) is 2. The largest absolute Gasteiger partial charge is 0.489 e. The Hall–Kier alpha value is -2.45. The summed E-state index contributed by atoms with van der Waals surface area (Å²) in [6.07, 6.45) is 6.38. The Kier molecular flexibility index (Phi) is 6.41. The van der Waals surface area contributed by atoms with Gasteiger partial charge in [0.15, 0.2) is 0 Å². The summed E-state index contributed by atoms with van der Waals surface area (Å²) >= 11 is 0. The summed E-state index contributed by atoms with van der Waals surface area (Å²) in [5, 5.41) is 12.4. The first-order valence-electron chi connectivity index (χ1n) is 11.9. The van der Waals surface area contributed by atoms with E-state index in [-0.39, 0.29) is 24.1 Å². The highest BCUT2D eigenvalue weighted by Gasteiger charge is 2.34. The van der Waals surface area contributed by atoms with Crippen molar-refractivity contribution in [1.29, 1.82) is 0 Å². The van der Waals surface area contributed by atoms with Gasteiger partial charge in [0.25, 0.3) is 0 Å². The molecule has 5 rings (SSSR count). The van der Waals surface area contributed by atoms with Gasteiger partial charge >= 0.3 is 0 Å². The van der Waals surface area contributed by atoms with Crippen LogP contribution in [0.15, 0.2) is 24.3 Å². The quantitative estimate of drug-likeness (QED) is 0.735. The van der Waals surface area contributed by atoms with Gasteiger partial charge in [0.2, 0.25) is 5.91 Å². The van der Waals surface area contributed by atoms with E-state index >= 15 is 0 Å². The van der Waals surface area contributed by atoms with Crippen LogP contribution in [0.3, 0.4) is 0 Å². The number of rotatable bonds is 4. The monoisotopic (exact) mass is 439 g/mol. The molecule has 3 atom stereocenters. The van der Waals surface area contributed by atoms with Crippen molar-refractivity contribution in [3.8, 4) is 5.75 Å². The lowest BCUT2D eigenvalue weighted by Gasteiger charge is -2.28. The molecule has 8 nitrogen and oxygen atoms in total. The Morgan fingerprint density at radius 3 is 2.91 bits per heavy atom. The van der Waals surface area contributed by atoms with E-state index in [1.165, 1.54) is 5.56 Å². The van der Waals surface area contributed by atoms with E-state index in [0.29, 0.717) is 32.7 Å². The lowest BCUT2D eigenvalue weighted by molar-refractivity contribution is -0.133. The zero-order chi connectivity index (χ0) is 21.9. The first kappa shape index (κ1) is 21.4. The third kappa shape index (κ3) is 4.38. The molecule has 4 bridgehead atoms. The van der Waals surface area contributed by atoms with Crippen molar-refractivity contribution in [3.05, 3.63) is 41.5 Å². The second-order valence-corrected chi connectivity index (χ2v) is 9.09. The van der Waals surface area contributed by atoms with E-state index in [1.54, 1.807) is 7.11 Å². The second kappa shape index (κ2) is 9.58. The summed E-state index contributed by atoms with van der Waals surface area (Å²) in [7, 11) is 1.70. The number of hydrogen-bond donors (Lipinski definition) is 1. The number of benzene rings is 1. The van der Waals surface area contributed by atoms with Crippen LogP contribution >= 0.6 is 0 Å². The minimum atomic E-state index is -0.194. The predicted molar refractivity (Wildman–Crippen MR) is 120 cm³/mol. The number of hydrogen-bond acceptors (Lipinski definition) is 6. The average molecular weight is 440 g/mol. The van der Waals surface area contributed by atoms with Crippen molar-refractivity contribution in [3.63, 3.8) is 0 Å². The van der Waals surface area contributed by atoms with Gasteiger partial charge in [-0.3, -0.25) is 4.79 Å². The minimum absolute atomic E-state index is 0.00228. The molecule has 3 aliphatic rings. The predicted octanol–water partition coefficient (Wildman–Crippen LogP) is 2.12. The Morgan fingerprint density at radius 1 is 1.22 bits per heavy atom. The second-order valence-electron chi connectivity index (χ2n) is 9.09. The van der Waals surface area contributed by atoms with Crippen molar-refractivity contribution < 1.29 is 14.3 Å². The molecule has 1 aromatic carbocycles. The molecule has 3 aliphatic heterocycles. The molecule has 0 aliphatic carbocycles. The lowest BCUT2D eigenvalue weighted by atomic mass is 9.96. The number of fused-ring (bicyclic) bond motifs is 5. The number of carbonyl (C=O) groups is 1. The Balaban J connectivity index is 1.45. The van der Waals surface area contributed by atoms with Gasteiger partial charge in [-0.2, -0.15) is 0 Å². The van der Waals surface area contributed by atoms with Crippen molar-refractivity contribution in [2.24, 2.45) is 0 Å². The highest BCUT2D eigenvalue weighted by atomic mass is 16.5. The van der Waals surface area contributed by atoms with Crippen molar-refractivity contribution >= 4 is 5.91 Å². The van der Waals surface area contributed by atoms with Gasteiger partial charge < -0.3 is 24.3 Å². The minimum Gasteiger partial charge on any atom is -0.489 e. The summed E-state index contributed by atoms with van der Waals surface area (Å²) in [4.78, 5) is 15.3. The third-order valence-corrected chi connectivity index (χ3v) is 6.88. The van der Waals surface area contributed by atoms with Crippen LogP contribution in [0.25, 0.3) is 0 Å². The van der Waals surface area contributed by atoms with Crippen LogP contribution in [0.4, 0.5) is 0 Å². The van der Waals surface area contributed by atoms with E-state index in [1.807, 2.05) is 11.0 Å². The van der Waals surface area contributed by atoms with Crippen molar-refractivity contribution in [1.82, 2.24) is 25.0 Å². The van der Waals surface area contributed by atoms with E-state index in [9.17, 15) is 4.79 Å². The molecule has 4 heterocycles. The van der Waals surface area contributed by atoms with Crippen LogP contribution in [-0.4, -0.2) is 71.1 Å². The molecule has 1 fully saturated rings. The number of nitrogens with zero attached hydrogens (tertiary/aromatic N) is 4. The van der Waals surface area contributed by atoms with Gasteiger partial charge in [0, 0.05) is 52.6 Å². The molecule has 1 aromatic heterocycles. The van der Waals surface area contributed by atoms with Crippen LogP contribution in [0.2, 0.25) is 0 Å². The van der Waals surface area contributed by atoms with Gasteiger partial charge in [-0.25, -0.2) is 0 Å². The summed E-state index contributed by atoms with van der Waals surface area (Å²) < 4.78 is 13.9. The summed E-state index contributed by atoms with van der Waals surface area (Å²) in [6, 6.07) is 8.49. The SMILES string of the molecule is COCCCN1CCCc2nnc3n2C(CCC3)c2cccc(c2)OC2CN[C@@H](C2)C1=O. The normalized spacial score (nSPS) is 25.6. The first-order valence-corrected chi connectivity index (χ1v) is 11.9. The summed E-state index contributed by atoms with van der Waals surface area (Å²) in [5.41, 5.74) is 1.25. The maximum Gasteiger partial charge on any atom is 0.239 e. The third-order valence-electron chi connectivity index (χ3n) is 6.88. The van der Waals surface area contributed by atoms with Gasteiger partial charge in [0.1, 0.15) is 23.5 Å². The number of aryl methyl sites for hydroxylation is 2.